The molecule has 5 heteroatoms. The molecule has 0 aliphatic heterocycles. The lowest BCUT2D eigenvalue weighted by Crippen LogP contribution is -2.31. The third kappa shape index (κ3) is 4.96. The second kappa shape index (κ2) is 8.85. The number of aromatic nitrogens is 2. The van der Waals surface area contributed by atoms with E-state index < -0.39 is 0 Å². The number of imidazole rings is 1. The summed E-state index contributed by atoms with van der Waals surface area (Å²) in [6, 6.07) is 19.6. The number of carbonyl (C=O) groups excluding carboxylic acids is 1. The monoisotopic (exact) mass is 349 g/mol. The lowest BCUT2D eigenvalue weighted by atomic mass is 10.2. The van der Waals surface area contributed by atoms with E-state index in [2.05, 4.69) is 27.0 Å². The Balaban J connectivity index is 1.48. The maximum atomic E-state index is 11.9. The molecule has 0 atom stereocenters. The minimum absolute atomic E-state index is 0.0154. The number of carbonyl (C=O) groups is 1. The molecule has 134 valence electrons. The van der Waals surface area contributed by atoms with Gasteiger partial charge in [0.1, 0.15) is 11.6 Å². The van der Waals surface area contributed by atoms with Crippen molar-refractivity contribution >= 4 is 5.91 Å². The molecule has 0 bridgehead atoms. The predicted octanol–water partition coefficient (Wildman–Crippen LogP) is 2.98. The van der Waals surface area contributed by atoms with Crippen LogP contribution < -0.4 is 10.1 Å². The van der Waals surface area contributed by atoms with Crippen LogP contribution in [-0.4, -0.2) is 28.6 Å². The van der Waals surface area contributed by atoms with Crippen molar-refractivity contribution in [2.75, 3.05) is 13.2 Å². The number of para-hydroxylation sites is 1. The second-order valence-corrected chi connectivity index (χ2v) is 6.09. The molecule has 1 amide bonds. The first kappa shape index (κ1) is 17.7. The van der Waals surface area contributed by atoms with Crippen molar-refractivity contribution in [3.63, 3.8) is 0 Å². The first-order valence-electron chi connectivity index (χ1n) is 8.72. The van der Waals surface area contributed by atoms with E-state index in [4.69, 9.17) is 4.74 Å². The highest BCUT2D eigenvalue weighted by Crippen LogP contribution is 2.10. The minimum Gasteiger partial charge on any atom is -0.484 e. The summed E-state index contributed by atoms with van der Waals surface area (Å²) in [4.78, 5) is 16.4. The third-order valence-corrected chi connectivity index (χ3v) is 4.11. The van der Waals surface area contributed by atoms with Crippen LogP contribution >= 0.6 is 0 Å². The molecule has 0 radical (unpaired) electrons. The molecule has 1 aromatic heterocycles. The van der Waals surface area contributed by atoms with E-state index in [1.165, 1.54) is 5.56 Å². The normalized spacial score (nSPS) is 10.5. The number of rotatable bonds is 8. The van der Waals surface area contributed by atoms with Crippen LogP contribution in [0.2, 0.25) is 0 Å². The summed E-state index contributed by atoms with van der Waals surface area (Å²) in [5, 5.41) is 2.88. The Morgan fingerprint density at radius 2 is 1.77 bits per heavy atom. The zero-order valence-electron chi connectivity index (χ0n) is 14.9. The van der Waals surface area contributed by atoms with Crippen LogP contribution in [0.15, 0.2) is 66.9 Å². The molecule has 5 nitrogen and oxygen atoms in total. The molecule has 3 aromatic rings. The van der Waals surface area contributed by atoms with Crippen LogP contribution in [0.3, 0.4) is 0 Å². The predicted molar refractivity (Wildman–Crippen MR) is 101 cm³/mol. The van der Waals surface area contributed by atoms with Crippen LogP contribution in [-0.2, 0) is 17.8 Å². The van der Waals surface area contributed by atoms with Crippen molar-refractivity contribution in [1.29, 1.82) is 0 Å². The Bertz CT molecular complexity index is 829. The van der Waals surface area contributed by atoms with E-state index >= 15 is 0 Å². The SMILES string of the molecule is Cc1cnc(CCNC(=O)COc2ccccc2)n1Cc1ccccc1. The molecule has 1 heterocycles. The molecule has 0 spiro atoms. The van der Waals surface area contributed by atoms with Gasteiger partial charge in [0.2, 0.25) is 0 Å². The van der Waals surface area contributed by atoms with E-state index in [0.717, 1.165) is 18.1 Å². The quantitative estimate of drug-likeness (QED) is 0.680. The van der Waals surface area contributed by atoms with Gasteiger partial charge in [0.25, 0.3) is 5.91 Å². The van der Waals surface area contributed by atoms with Crippen LogP contribution in [0.1, 0.15) is 17.1 Å². The van der Waals surface area contributed by atoms with Crippen molar-refractivity contribution in [3.8, 4) is 5.75 Å². The Morgan fingerprint density at radius 1 is 1.08 bits per heavy atom. The molecule has 0 saturated heterocycles. The van der Waals surface area contributed by atoms with Gasteiger partial charge in [-0.15, -0.1) is 0 Å². The molecule has 3 rings (SSSR count). The van der Waals surface area contributed by atoms with Crippen molar-refractivity contribution < 1.29 is 9.53 Å². The Hall–Kier alpha value is -3.08. The average Bonchev–Trinajstić information content (AvgIpc) is 3.02. The van der Waals surface area contributed by atoms with Gasteiger partial charge in [-0.3, -0.25) is 4.79 Å². The molecule has 0 unspecified atom stereocenters. The third-order valence-electron chi connectivity index (χ3n) is 4.11. The van der Waals surface area contributed by atoms with Gasteiger partial charge in [0.05, 0.1) is 0 Å². The molecule has 0 aliphatic carbocycles. The first-order chi connectivity index (χ1) is 12.7. The van der Waals surface area contributed by atoms with Crippen LogP contribution in [0.25, 0.3) is 0 Å². The fourth-order valence-electron chi connectivity index (χ4n) is 2.72. The van der Waals surface area contributed by atoms with Gasteiger partial charge < -0.3 is 14.6 Å². The summed E-state index contributed by atoms with van der Waals surface area (Å²) in [5.41, 5.74) is 2.35. The highest BCUT2D eigenvalue weighted by molar-refractivity contribution is 5.77. The molecule has 0 aliphatic rings. The van der Waals surface area contributed by atoms with Crippen molar-refractivity contribution in [1.82, 2.24) is 14.9 Å². The zero-order valence-corrected chi connectivity index (χ0v) is 14.9. The molecular formula is C21H23N3O2. The lowest BCUT2D eigenvalue weighted by molar-refractivity contribution is -0.123. The smallest absolute Gasteiger partial charge is 0.257 e. The maximum absolute atomic E-state index is 11.9. The number of hydrogen-bond acceptors (Lipinski definition) is 3. The zero-order chi connectivity index (χ0) is 18.2. The van der Waals surface area contributed by atoms with Crippen LogP contribution in [0.5, 0.6) is 5.75 Å². The van der Waals surface area contributed by atoms with Gasteiger partial charge in [-0.2, -0.15) is 0 Å². The second-order valence-electron chi connectivity index (χ2n) is 6.09. The van der Waals surface area contributed by atoms with Crippen molar-refractivity contribution in [2.24, 2.45) is 0 Å². The number of nitrogens with one attached hydrogen (secondary N) is 1. The molecule has 1 N–H and O–H groups in total. The van der Waals surface area contributed by atoms with E-state index in [1.807, 2.05) is 61.7 Å². The van der Waals surface area contributed by atoms with Gasteiger partial charge in [-0.1, -0.05) is 48.5 Å². The Kier molecular flexibility index (Phi) is 6.04. The molecule has 26 heavy (non-hydrogen) atoms. The number of hydrogen-bond donors (Lipinski definition) is 1. The minimum atomic E-state index is -0.133. The van der Waals surface area contributed by atoms with Crippen molar-refractivity contribution in [2.45, 2.75) is 19.9 Å². The van der Waals surface area contributed by atoms with Gasteiger partial charge in [0, 0.05) is 31.4 Å². The fraction of sp³-hybridized carbons (Fsp3) is 0.238. The molecule has 0 fully saturated rings. The average molecular weight is 349 g/mol. The highest BCUT2D eigenvalue weighted by Gasteiger charge is 2.09. The van der Waals surface area contributed by atoms with Gasteiger partial charge >= 0.3 is 0 Å². The van der Waals surface area contributed by atoms with Gasteiger partial charge in [-0.25, -0.2) is 4.98 Å². The summed E-state index contributed by atoms with van der Waals surface area (Å²) < 4.78 is 7.63. The number of ether oxygens (including phenoxy) is 1. The summed E-state index contributed by atoms with van der Waals surface area (Å²) in [6.07, 6.45) is 2.55. The maximum Gasteiger partial charge on any atom is 0.257 e. The molecule has 2 aromatic carbocycles. The molecule has 0 saturated carbocycles. The Labute approximate surface area is 153 Å². The van der Waals surface area contributed by atoms with E-state index in [1.54, 1.807) is 0 Å². The standard InChI is InChI=1S/C21H23N3O2/c1-17-14-23-20(24(17)15-18-8-4-2-5-9-18)12-13-22-21(25)16-26-19-10-6-3-7-11-19/h2-11,14H,12-13,15-16H2,1H3,(H,22,25). The fourth-order valence-corrected chi connectivity index (χ4v) is 2.72. The number of amides is 1. The van der Waals surface area contributed by atoms with Crippen molar-refractivity contribution in [3.05, 3.63) is 83.9 Å². The summed E-state index contributed by atoms with van der Waals surface area (Å²) in [6.45, 7) is 3.38. The Morgan fingerprint density at radius 3 is 2.50 bits per heavy atom. The number of benzene rings is 2. The van der Waals surface area contributed by atoms with E-state index in [-0.39, 0.29) is 12.5 Å². The summed E-state index contributed by atoms with van der Waals surface area (Å²) >= 11 is 0. The first-order valence-corrected chi connectivity index (χ1v) is 8.72. The highest BCUT2D eigenvalue weighted by atomic mass is 16.5. The number of aryl methyl sites for hydroxylation is 1. The lowest BCUT2D eigenvalue weighted by Gasteiger charge is -2.11. The van der Waals surface area contributed by atoms with Gasteiger partial charge in [-0.05, 0) is 24.6 Å². The molecular weight excluding hydrogens is 326 g/mol. The summed E-state index contributed by atoms with van der Waals surface area (Å²) in [5.74, 6) is 1.53. The summed E-state index contributed by atoms with van der Waals surface area (Å²) in [7, 11) is 0. The van der Waals surface area contributed by atoms with Gasteiger partial charge in [0.15, 0.2) is 6.61 Å². The van der Waals surface area contributed by atoms with E-state index in [9.17, 15) is 4.79 Å². The largest absolute Gasteiger partial charge is 0.484 e. The number of nitrogens with zero attached hydrogens (tertiary/aromatic N) is 2. The van der Waals surface area contributed by atoms with Crippen LogP contribution in [0.4, 0.5) is 0 Å². The van der Waals surface area contributed by atoms with E-state index in [0.29, 0.717) is 18.7 Å². The van der Waals surface area contributed by atoms with Crippen LogP contribution in [0, 0.1) is 6.92 Å². The topological polar surface area (TPSA) is 56.1 Å².